The van der Waals surface area contributed by atoms with Crippen molar-refractivity contribution < 1.29 is 89.4 Å². The van der Waals surface area contributed by atoms with Crippen molar-refractivity contribution >= 4 is 5.91 Å². The Labute approximate surface area is 585 Å². The smallest absolute Gasteiger partial charge is 0.220 e. The number of allylic oxidation sites excluding steroid dienone is 11. The molecule has 564 valence electrons. The van der Waals surface area contributed by atoms with Crippen LogP contribution in [0.15, 0.2) is 72.9 Å². The second-order valence-corrected chi connectivity index (χ2v) is 27.4. The Bertz CT molecular complexity index is 2040. The lowest BCUT2D eigenvalue weighted by atomic mass is 9.96. The highest BCUT2D eigenvalue weighted by Crippen LogP contribution is 2.33. The zero-order valence-corrected chi connectivity index (χ0v) is 60.0. The molecule has 19 heteroatoms. The molecule has 3 aliphatic rings. The average molecular weight is 1380 g/mol. The Morgan fingerprint density at radius 2 is 0.691 bits per heavy atom. The number of rotatable bonds is 60. The first-order valence-corrected chi connectivity index (χ1v) is 38.7. The van der Waals surface area contributed by atoms with Crippen LogP contribution in [-0.4, -0.2) is 193 Å². The first-order valence-electron chi connectivity index (χ1n) is 38.7. The summed E-state index contributed by atoms with van der Waals surface area (Å²) in [7, 11) is 0. The Kier molecular flexibility index (Phi) is 53.5. The summed E-state index contributed by atoms with van der Waals surface area (Å²) in [5.74, 6) is -0.288. The molecule has 0 aromatic heterocycles. The minimum Gasteiger partial charge on any atom is -0.394 e. The largest absolute Gasteiger partial charge is 0.394 e. The molecule has 1 amide bonds. The molecule has 0 saturated carbocycles. The fourth-order valence-corrected chi connectivity index (χ4v) is 12.7. The molecule has 19 nitrogen and oxygen atoms in total. The highest BCUT2D eigenvalue weighted by molar-refractivity contribution is 5.76. The van der Waals surface area contributed by atoms with Crippen LogP contribution in [-0.2, 0) is 33.2 Å². The van der Waals surface area contributed by atoms with Crippen LogP contribution in [0, 0.1) is 0 Å². The van der Waals surface area contributed by atoms with Gasteiger partial charge in [0.1, 0.15) is 73.2 Å². The monoisotopic (exact) mass is 1380 g/mol. The third-order valence-electron chi connectivity index (χ3n) is 19.0. The van der Waals surface area contributed by atoms with E-state index in [1.165, 1.54) is 193 Å². The topological polar surface area (TPSA) is 307 Å². The summed E-state index contributed by atoms with van der Waals surface area (Å²) in [5.41, 5.74) is 0. The molecule has 0 radical (unpaired) electrons. The number of unbranched alkanes of at least 4 members (excludes halogenated alkanes) is 34. The lowest BCUT2D eigenvalue weighted by Gasteiger charge is -2.48. The normalized spacial score (nSPS) is 27.3. The van der Waals surface area contributed by atoms with Gasteiger partial charge in [0.05, 0.1) is 38.6 Å². The van der Waals surface area contributed by atoms with Crippen molar-refractivity contribution in [3.05, 3.63) is 72.9 Å². The average Bonchev–Trinajstić information content (AvgIpc) is 0.845. The van der Waals surface area contributed by atoms with Crippen molar-refractivity contribution in [2.75, 3.05) is 26.4 Å². The van der Waals surface area contributed by atoms with E-state index in [4.69, 9.17) is 28.4 Å². The summed E-state index contributed by atoms with van der Waals surface area (Å²) in [6.07, 6.45) is 48.9. The van der Waals surface area contributed by atoms with Crippen LogP contribution in [0.3, 0.4) is 0 Å². The number of amides is 1. The maximum Gasteiger partial charge on any atom is 0.220 e. The van der Waals surface area contributed by atoms with Crippen molar-refractivity contribution in [1.29, 1.82) is 0 Å². The lowest BCUT2D eigenvalue weighted by molar-refractivity contribution is -0.379. The first kappa shape index (κ1) is 88.4. The number of hydrogen-bond acceptors (Lipinski definition) is 18. The Morgan fingerprint density at radius 1 is 0.371 bits per heavy atom. The van der Waals surface area contributed by atoms with Gasteiger partial charge in [0, 0.05) is 6.42 Å². The molecule has 17 atom stereocenters. The standard InChI is InChI=1S/C78H139NO18/c1-3-5-7-9-11-13-15-17-19-21-23-24-25-26-27-28-29-30-31-32-33-34-35-36-38-40-42-44-46-48-50-52-54-56-66(84)79-61(62(83)55-53-51-49-47-45-43-41-39-37-22-20-18-16-14-12-10-8-6-4-2)60-92-76-72(90)69(87)74(64(58-81)94-76)97-78-73(91)70(88)75(65(59-82)95-78)96-77-71(89)68(86)67(85)63(57-80)93-77/h15,17,21,23,25-26,37,39,45,47,53,55,61-65,67-78,80-83,85-91H,3-14,16,18-20,22,24,27-36,38,40-44,46,48-52,54,56-60H2,1-2H3,(H,79,84)/b17-15-,23-21-,26-25-,39-37+,47-45+,55-53+. The van der Waals surface area contributed by atoms with Crippen LogP contribution in [0.2, 0.25) is 0 Å². The molecule has 3 fully saturated rings. The molecule has 0 bridgehead atoms. The van der Waals surface area contributed by atoms with E-state index in [0.29, 0.717) is 12.8 Å². The van der Waals surface area contributed by atoms with Crippen molar-refractivity contribution in [3.63, 3.8) is 0 Å². The van der Waals surface area contributed by atoms with Crippen LogP contribution < -0.4 is 5.32 Å². The van der Waals surface area contributed by atoms with E-state index in [1.54, 1.807) is 6.08 Å². The Hall–Kier alpha value is -2.77. The van der Waals surface area contributed by atoms with Gasteiger partial charge in [-0.1, -0.05) is 267 Å². The van der Waals surface area contributed by atoms with E-state index in [2.05, 4.69) is 79.9 Å². The molecule has 12 N–H and O–H groups in total. The summed E-state index contributed by atoms with van der Waals surface area (Å²) in [6.45, 7) is 1.71. The van der Waals surface area contributed by atoms with Crippen molar-refractivity contribution in [3.8, 4) is 0 Å². The van der Waals surface area contributed by atoms with E-state index in [1.807, 2.05) is 6.08 Å². The van der Waals surface area contributed by atoms with Gasteiger partial charge in [0.25, 0.3) is 0 Å². The van der Waals surface area contributed by atoms with E-state index in [-0.39, 0.29) is 18.9 Å². The molecule has 3 aliphatic heterocycles. The number of aliphatic hydroxyl groups is 11. The number of aliphatic hydroxyl groups excluding tert-OH is 11. The van der Waals surface area contributed by atoms with Crippen LogP contribution in [0.1, 0.15) is 284 Å². The van der Waals surface area contributed by atoms with Crippen LogP contribution in [0.5, 0.6) is 0 Å². The molecule has 3 heterocycles. The van der Waals surface area contributed by atoms with Gasteiger partial charge in [-0.3, -0.25) is 4.79 Å². The van der Waals surface area contributed by atoms with Gasteiger partial charge in [-0.25, -0.2) is 0 Å². The van der Waals surface area contributed by atoms with Crippen LogP contribution in [0.4, 0.5) is 0 Å². The summed E-state index contributed by atoms with van der Waals surface area (Å²) in [6, 6.07) is -0.999. The van der Waals surface area contributed by atoms with Crippen molar-refractivity contribution in [1.82, 2.24) is 5.32 Å². The third kappa shape index (κ3) is 39.5. The SMILES string of the molecule is CCCCCCC/C=C\C/C=C\C/C=C\CCCCCCCCCCCCCCCCCCCCC(=O)NC(COC1OC(CO)C(OC2OC(CO)C(OC3OC(CO)C(O)C(O)C3O)C(O)C2O)C(O)C1O)C(O)/C=C/CC/C=C/CC/C=C/CCCCCCCCCCC. The molecular weight excluding hydrogens is 1240 g/mol. The number of ether oxygens (including phenoxy) is 6. The molecule has 3 saturated heterocycles. The van der Waals surface area contributed by atoms with Crippen LogP contribution in [0.25, 0.3) is 0 Å². The quantitative estimate of drug-likeness (QED) is 0.0199. The fourth-order valence-electron chi connectivity index (χ4n) is 12.7. The molecule has 0 aliphatic carbocycles. The molecule has 97 heavy (non-hydrogen) atoms. The van der Waals surface area contributed by atoms with Gasteiger partial charge in [-0.05, 0) is 83.5 Å². The third-order valence-corrected chi connectivity index (χ3v) is 19.0. The first-order chi connectivity index (χ1) is 47.3. The number of carbonyl (C=O) groups is 1. The van der Waals surface area contributed by atoms with Gasteiger partial charge in [0.15, 0.2) is 18.9 Å². The number of hydrogen-bond donors (Lipinski definition) is 12. The predicted molar refractivity (Wildman–Crippen MR) is 383 cm³/mol. The molecule has 0 spiro atoms. The van der Waals surface area contributed by atoms with E-state index in [9.17, 15) is 61.0 Å². The van der Waals surface area contributed by atoms with Gasteiger partial charge in [-0.15, -0.1) is 0 Å². The maximum atomic E-state index is 13.4. The minimum absolute atomic E-state index is 0.231. The maximum absolute atomic E-state index is 13.4. The summed E-state index contributed by atoms with van der Waals surface area (Å²) >= 11 is 0. The van der Waals surface area contributed by atoms with Crippen molar-refractivity contribution in [2.45, 2.75) is 388 Å². The number of carbonyl (C=O) groups excluding carboxylic acids is 1. The van der Waals surface area contributed by atoms with Gasteiger partial charge in [-0.2, -0.15) is 0 Å². The lowest BCUT2D eigenvalue weighted by Crippen LogP contribution is -2.66. The molecular formula is C78H139NO18. The summed E-state index contributed by atoms with van der Waals surface area (Å²) in [4.78, 5) is 13.4. The zero-order chi connectivity index (χ0) is 70.4. The minimum atomic E-state index is -1.98. The summed E-state index contributed by atoms with van der Waals surface area (Å²) in [5, 5.41) is 121. The highest BCUT2D eigenvalue weighted by Gasteiger charge is 2.53. The second-order valence-electron chi connectivity index (χ2n) is 27.4. The Balaban J connectivity index is 1.38. The molecule has 0 aromatic rings. The summed E-state index contributed by atoms with van der Waals surface area (Å²) < 4.78 is 34.4. The van der Waals surface area contributed by atoms with E-state index in [0.717, 1.165) is 57.8 Å². The van der Waals surface area contributed by atoms with E-state index < -0.39 is 124 Å². The second kappa shape index (κ2) is 58.7. The molecule has 17 unspecified atom stereocenters. The predicted octanol–water partition coefficient (Wildman–Crippen LogP) is 12.1. The van der Waals surface area contributed by atoms with E-state index >= 15 is 0 Å². The molecule has 0 aromatic carbocycles. The van der Waals surface area contributed by atoms with Crippen LogP contribution >= 0.6 is 0 Å². The molecule has 3 rings (SSSR count). The highest BCUT2D eigenvalue weighted by atomic mass is 16.8. The van der Waals surface area contributed by atoms with Gasteiger partial charge in [0.2, 0.25) is 5.91 Å². The Morgan fingerprint density at radius 3 is 1.10 bits per heavy atom. The van der Waals surface area contributed by atoms with Gasteiger partial charge >= 0.3 is 0 Å². The zero-order valence-electron chi connectivity index (χ0n) is 60.0. The van der Waals surface area contributed by atoms with Crippen molar-refractivity contribution in [2.24, 2.45) is 0 Å². The van der Waals surface area contributed by atoms with Gasteiger partial charge < -0.3 is 89.9 Å². The fraction of sp³-hybridized carbons (Fsp3) is 0.833. The number of nitrogens with one attached hydrogen (secondary N) is 1.